The number of aliphatic hydroxyl groups excluding tert-OH is 1. The number of cyclic esters (lactones) is 1. The number of ether oxygens (including phenoxy) is 1. The largest absolute Gasteiger partial charge is 0.459 e. The lowest BCUT2D eigenvalue weighted by Gasteiger charge is -2.14. The summed E-state index contributed by atoms with van der Waals surface area (Å²) < 4.78 is 4.99. The van der Waals surface area contributed by atoms with Crippen LogP contribution in [-0.2, 0) is 9.53 Å². The molecule has 0 spiro atoms. The Bertz CT molecular complexity index is 321. The fourth-order valence-corrected chi connectivity index (χ4v) is 1.81. The highest BCUT2D eigenvalue weighted by Gasteiger charge is 2.34. The fraction of sp³-hybridized carbons (Fsp3) is 0.364. The van der Waals surface area contributed by atoms with Gasteiger partial charge in [-0.25, -0.2) is 0 Å². The molecule has 2 atom stereocenters. The SMILES string of the molecule is O=C1C[C@@H](c2ccccc2)[C@@H](CO)O1. The Balaban J connectivity index is 2.22. The second-order valence-electron chi connectivity index (χ2n) is 3.43. The van der Waals surface area contributed by atoms with Crippen LogP contribution in [0.15, 0.2) is 30.3 Å². The number of benzene rings is 1. The molecule has 3 heteroatoms. The van der Waals surface area contributed by atoms with Crippen molar-refractivity contribution >= 4 is 5.97 Å². The maximum atomic E-state index is 11.1. The van der Waals surface area contributed by atoms with Crippen LogP contribution in [0.1, 0.15) is 17.9 Å². The van der Waals surface area contributed by atoms with E-state index in [-0.39, 0.29) is 24.6 Å². The second-order valence-corrected chi connectivity index (χ2v) is 3.43. The van der Waals surface area contributed by atoms with Gasteiger partial charge in [0.25, 0.3) is 0 Å². The molecule has 1 N–H and O–H groups in total. The quantitative estimate of drug-likeness (QED) is 0.713. The average Bonchev–Trinajstić information content (AvgIpc) is 2.61. The molecule has 1 saturated heterocycles. The maximum absolute atomic E-state index is 11.1. The predicted octanol–water partition coefficient (Wildman–Crippen LogP) is 1.08. The van der Waals surface area contributed by atoms with Gasteiger partial charge in [0.1, 0.15) is 6.10 Å². The summed E-state index contributed by atoms with van der Waals surface area (Å²) in [6.45, 7) is -0.106. The third kappa shape index (κ3) is 1.63. The van der Waals surface area contributed by atoms with Crippen LogP contribution in [0.4, 0.5) is 0 Å². The van der Waals surface area contributed by atoms with Crippen LogP contribution in [0.2, 0.25) is 0 Å². The molecule has 0 aromatic heterocycles. The van der Waals surface area contributed by atoms with E-state index >= 15 is 0 Å². The second kappa shape index (κ2) is 3.80. The van der Waals surface area contributed by atoms with Crippen molar-refractivity contribution < 1.29 is 14.6 Å². The molecule has 0 aliphatic carbocycles. The molecule has 0 unspecified atom stereocenters. The minimum atomic E-state index is -0.370. The van der Waals surface area contributed by atoms with E-state index in [0.29, 0.717) is 6.42 Å². The van der Waals surface area contributed by atoms with Crippen LogP contribution < -0.4 is 0 Å². The number of hydrogen-bond donors (Lipinski definition) is 1. The van der Waals surface area contributed by atoms with Crippen molar-refractivity contribution in [2.24, 2.45) is 0 Å². The van der Waals surface area contributed by atoms with Gasteiger partial charge in [-0.2, -0.15) is 0 Å². The van der Waals surface area contributed by atoms with E-state index < -0.39 is 0 Å². The summed E-state index contributed by atoms with van der Waals surface area (Å²) >= 11 is 0. The normalized spacial score (nSPS) is 26.2. The Labute approximate surface area is 82.3 Å². The van der Waals surface area contributed by atoms with E-state index in [0.717, 1.165) is 5.56 Å². The van der Waals surface area contributed by atoms with Gasteiger partial charge in [0, 0.05) is 5.92 Å². The third-order valence-electron chi connectivity index (χ3n) is 2.53. The van der Waals surface area contributed by atoms with Gasteiger partial charge < -0.3 is 9.84 Å². The molecule has 1 aromatic carbocycles. The van der Waals surface area contributed by atoms with E-state index in [1.54, 1.807) is 0 Å². The summed E-state index contributed by atoms with van der Waals surface area (Å²) in [5.74, 6) is -0.216. The number of carbonyl (C=O) groups is 1. The summed E-state index contributed by atoms with van der Waals surface area (Å²) in [4.78, 5) is 11.1. The zero-order valence-corrected chi connectivity index (χ0v) is 7.72. The number of rotatable bonds is 2. The van der Waals surface area contributed by atoms with Crippen LogP contribution >= 0.6 is 0 Å². The lowest BCUT2D eigenvalue weighted by atomic mass is 9.93. The van der Waals surface area contributed by atoms with Gasteiger partial charge in [0.15, 0.2) is 0 Å². The topological polar surface area (TPSA) is 46.5 Å². The zero-order valence-electron chi connectivity index (χ0n) is 7.72. The molecule has 0 radical (unpaired) electrons. The highest BCUT2D eigenvalue weighted by molar-refractivity contribution is 5.73. The van der Waals surface area contributed by atoms with E-state index in [1.807, 2.05) is 30.3 Å². The summed E-state index contributed by atoms with van der Waals surface area (Å²) in [5.41, 5.74) is 1.05. The van der Waals surface area contributed by atoms with Gasteiger partial charge >= 0.3 is 5.97 Å². The summed E-state index contributed by atoms with van der Waals surface area (Å²) in [6.07, 6.45) is -0.000185. The fourth-order valence-electron chi connectivity index (χ4n) is 1.81. The van der Waals surface area contributed by atoms with Crippen molar-refractivity contribution in [2.45, 2.75) is 18.4 Å². The highest BCUT2D eigenvalue weighted by atomic mass is 16.6. The summed E-state index contributed by atoms with van der Waals surface area (Å²) in [7, 11) is 0. The predicted molar refractivity (Wildman–Crippen MR) is 50.8 cm³/mol. The number of hydrogen-bond acceptors (Lipinski definition) is 3. The number of esters is 1. The minimum Gasteiger partial charge on any atom is -0.459 e. The Morgan fingerprint density at radius 2 is 2.07 bits per heavy atom. The van der Waals surface area contributed by atoms with Crippen molar-refractivity contribution in [3.05, 3.63) is 35.9 Å². The van der Waals surface area contributed by atoms with Crippen LogP contribution in [0, 0.1) is 0 Å². The van der Waals surface area contributed by atoms with E-state index in [1.165, 1.54) is 0 Å². The van der Waals surface area contributed by atoms with Gasteiger partial charge in [0.2, 0.25) is 0 Å². The first-order chi connectivity index (χ1) is 6.81. The van der Waals surface area contributed by atoms with E-state index in [9.17, 15) is 4.79 Å². The smallest absolute Gasteiger partial charge is 0.306 e. The van der Waals surface area contributed by atoms with Gasteiger partial charge in [-0.1, -0.05) is 30.3 Å². The van der Waals surface area contributed by atoms with Crippen LogP contribution in [0.3, 0.4) is 0 Å². The highest BCUT2D eigenvalue weighted by Crippen LogP contribution is 2.31. The molecule has 1 heterocycles. The van der Waals surface area contributed by atoms with Crippen molar-refractivity contribution in [1.29, 1.82) is 0 Å². The van der Waals surface area contributed by atoms with Gasteiger partial charge in [-0.3, -0.25) is 4.79 Å². The molecule has 1 aliphatic rings. The van der Waals surface area contributed by atoms with Crippen molar-refractivity contribution in [2.75, 3.05) is 6.61 Å². The van der Waals surface area contributed by atoms with E-state index in [2.05, 4.69) is 0 Å². The molecule has 0 amide bonds. The molecular weight excluding hydrogens is 180 g/mol. The minimum absolute atomic E-state index is 0.00806. The number of carbonyl (C=O) groups excluding carboxylic acids is 1. The zero-order chi connectivity index (χ0) is 9.97. The molecule has 2 rings (SSSR count). The van der Waals surface area contributed by atoms with Crippen molar-refractivity contribution in [1.82, 2.24) is 0 Å². The molecule has 14 heavy (non-hydrogen) atoms. The lowest BCUT2D eigenvalue weighted by molar-refractivity contribution is -0.142. The molecule has 1 fully saturated rings. The Kier molecular flexibility index (Phi) is 2.50. The van der Waals surface area contributed by atoms with Crippen molar-refractivity contribution in [3.8, 4) is 0 Å². The van der Waals surface area contributed by atoms with Crippen LogP contribution in [0.25, 0.3) is 0 Å². The Morgan fingerprint density at radius 3 is 2.71 bits per heavy atom. The monoisotopic (exact) mass is 192 g/mol. The van der Waals surface area contributed by atoms with Crippen LogP contribution in [-0.4, -0.2) is 23.8 Å². The molecular formula is C11H12O3. The van der Waals surface area contributed by atoms with Crippen molar-refractivity contribution in [3.63, 3.8) is 0 Å². The summed E-state index contributed by atoms with van der Waals surface area (Å²) in [6, 6.07) is 9.68. The molecule has 1 aliphatic heterocycles. The summed E-state index contributed by atoms with van der Waals surface area (Å²) in [5, 5.41) is 9.04. The Hall–Kier alpha value is -1.35. The van der Waals surface area contributed by atoms with Gasteiger partial charge in [-0.15, -0.1) is 0 Å². The maximum Gasteiger partial charge on any atom is 0.306 e. The molecule has 0 bridgehead atoms. The van der Waals surface area contributed by atoms with Gasteiger partial charge in [0.05, 0.1) is 13.0 Å². The van der Waals surface area contributed by atoms with Gasteiger partial charge in [-0.05, 0) is 5.56 Å². The Morgan fingerprint density at radius 1 is 1.36 bits per heavy atom. The van der Waals surface area contributed by atoms with Crippen LogP contribution in [0.5, 0.6) is 0 Å². The first-order valence-corrected chi connectivity index (χ1v) is 4.66. The molecule has 3 nitrogen and oxygen atoms in total. The molecule has 0 saturated carbocycles. The lowest BCUT2D eigenvalue weighted by Crippen LogP contribution is -2.18. The molecule has 1 aromatic rings. The third-order valence-corrected chi connectivity index (χ3v) is 2.53. The number of aliphatic hydroxyl groups is 1. The first kappa shape index (κ1) is 9.21. The standard InChI is InChI=1S/C11H12O3/c12-7-10-9(6-11(13)14-10)8-4-2-1-3-5-8/h1-5,9-10,12H,6-7H2/t9-,10+/m0/s1. The first-order valence-electron chi connectivity index (χ1n) is 4.66. The van der Waals surface area contributed by atoms with E-state index in [4.69, 9.17) is 9.84 Å². The molecule has 74 valence electrons. The average molecular weight is 192 g/mol.